The van der Waals surface area contributed by atoms with Gasteiger partial charge in [-0.15, -0.1) is 10.2 Å². The second-order valence-corrected chi connectivity index (χ2v) is 6.56. The first-order chi connectivity index (χ1) is 13.0. The minimum Gasteiger partial charge on any atom is -0.506 e. The monoisotopic (exact) mass is 383 g/mol. The largest absolute Gasteiger partial charge is 0.506 e. The molecule has 138 valence electrons. The highest BCUT2D eigenvalue weighted by atomic mass is 32.2. The minimum atomic E-state index is -0.388. The van der Waals surface area contributed by atoms with Crippen molar-refractivity contribution >= 4 is 35.0 Å². The zero-order valence-electron chi connectivity index (χ0n) is 14.4. The molecule has 0 aliphatic heterocycles. The molecule has 2 amide bonds. The van der Waals surface area contributed by atoms with Crippen LogP contribution in [0.2, 0.25) is 0 Å². The standard InChI is InChI=1S/C18H17N5O3S/c1-23-11-19-22-18(23)27-10-16(25)20-13-6-4-5-12(9-13)17(26)21-14-7-2-3-8-15(14)24/h2-9,11,24H,10H2,1H3,(H,20,25)(H,21,26). The van der Waals surface area contributed by atoms with E-state index in [-0.39, 0.29) is 23.3 Å². The van der Waals surface area contributed by atoms with Crippen LogP contribution in [0.4, 0.5) is 11.4 Å². The van der Waals surface area contributed by atoms with Crippen molar-refractivity contribution in [1.29, 1.82) is 0 Å². The first-order valence-electron chi connectivity index (χ1n) is 7.99. The van der Waals surface area contributed by atoms with Gasteiger partial charge < -0.3 is 20.3 Å². The van der Waals surface area contributed by atoms with Crippen LogP contribution in [0.15, 0.2) is 60.0 Å². The Morgan fingerprint density at radius 2 is 1.96 bits per heavy atom. The van der Waals surface area contributed by atoms with Gasteiger partial charge in [0.15, 0.2) is 5.16 Å². The van der Waals surface area contributed by atoms with Crippen molar-refractivity contribution < 1.29 is 14.7 Å². The summed E-state index contributed by atoms with van der Waals surface area (Å²) in [6.45, 7) is 0. The molecule has 3 N–H and O–H groups in total. The van der Waals surface area contributed by atoms with Gasteiger partial charge in [0.25, 0.3) is 5.91 Å². The summed E-state index contributed by atoms with van der Waals surface area (Å²) in [7, 11) is 1.80. The van der Waals surface area contributed by atoms with Gasteiger partial charge >= 0.3 is 0 Å². The summed E-state index contributed by atoms with van der Waals surface area (Å²) < 4.78 is 1.72. The predicted molar refractivity (Wildman–Crippen MR) is 103 cm³/mol. The van der Waals surface area contributed by atoms with Crippen molar-refractivity contribution in [1.82, 2.24) is 14.8 Å². The Hall–Kier alpha value is -3.33. The first-order valence-corrected chi connectivity index (χ1v) is 8.97. The molecule has 9 heteroatoms. The Bertz CT molecular complexity index is 973. The molecule has 0 aliphatic carbocycles. The summed E-state index contributed by atoms with van der Waals surface area (Å²) in [5.74, 6) is -0.459. The lowest BCUT2D eigenvalue weighted by Crippen LogP contribution is -2.16. The summed E-state index contributed by atoms with van der Waals surface area (Å²) in [5, 5.41) is 23.4. The number of carbonyl (C=O) groups excluding carboxylic acids is 2. The van der Waals surface area contributed by atoms with Gasteiger partial charge in [-0.3, -0.25) is 9.59 Å². The van der Waals surface area contributed by atoms with E-state index in [1.54, 1.807) is 60.4 Å². The maximum absolute atomic E-state index is 12.4. The van der Waals surface area contributed by atoms with Gasteiger partial charge in [-0.05, 0) is 30.3 Å². The van der Waals surface area contributed by atoms with Gasteiger partial charge in [0.1, 0.15) is 12.1 Å². The van der Waals surface area contributed by atoms with Crippen molar-refractivity contribution in [2.45, 2.75) is 5.16 Å². The SMILES string of the molecule is Cn1cnnc1SCC(=O)Nc1cccc(C(=O)Nc2ccccc2O)c1. The highest BCUT2D eigenvalue weighted by molar-refractivity contribution is 7.99. The quantitative estimate of drug-likeness (QED) is 0.446. The minimum absolute atomic E-state index is 0.0175. The Kier molecular flexibility index (Phi) is 5.72. The van der Waals surface area contributed by atoms with E-state index in [0.717, 1.165) is 0 Å². The lowest BCUT2D eigenvalue weighted by atomic mass is 10.1. The number of anilines is 2. The Morgan fingerprint density at radius 1 is 1.15 bits per heavy atom. The number of phenols is 1. The van der Waals surface area contributed by atoms with E-state index in [2.05, 4.69) is 20.8 Å². The van der Waals surface area contributed by atoms with Gasteiger partial charge in [0.05, 0.1) is 11.4 Å². The average Bonchev–Trinajstić information content (AvgIpc) is 3.07. The van der Waals surface area contributed by atoms with Gasteiger partial charge in [0.2, 0.25) is 5.91 Å². The van der Waals surface area contributed by atoms with Crippen LogP contribution < -0.4 is 10.6 Å². The van der Waals surface area contributed by atoms with Crippen LogP contribution in [-0.4, -0.2) is 37.4 Å². The van der Waals surface area contributed by atoms with Gasteiger partial charge in [-0.25, -0.2) is 0 Å². The Morgan fingerprint density at radius 3 is 2.70 bits per heavy atom. The van der Waals surface area contributed by atoms with Gasteiger partial charge in [-0.1, -0.05) is 30.0 Å². The summed E-state index contributed by atoms with van der Waals surface area (Å²) >= 11 is 1.27. The number of phenolic OH excluding ortho intramolecular Hbond substituents is 1. The second-order valence-electron chi connectivity index (χ2n) is 5.61. The normalized spacial score (nSPS) is 10.4. The number of aromatic hydroxyl groups is 1. The number of aryl methyl sites for hydroxylation is 1. The molecule has 0 radical (unpaired) electrons. The van der Waals surface area contributed by atoms with E-state index in [1.165, 1.54) is 17.8 Å². The van der Waals surface area contributed by atoms with Gasteiger partial charge in [0, 0.05) is 18.3 Å². The molecule has 0 unspecified atom stereocenters. The summed E-state index contributed by atoms with van der Waals surface area (Å²) in [5.41, 5.74) is 1.18. The third-order valence-corrected chi connectivity index (χ3v) is 4.60. The number of carbonyl (C=O) groups is 2. The van der Waals surface area contributed by atoms with Crippen LogP contribution in [0.5, 0.6) is 5.75 Å². The number of thioether (sulfide) groups is 1. The molecule has 0 fully saturated rings. The molecule has 0 saturated heterocycles. The summed E-state index contributed by atoms with van der Waals surface area (Å²) in [4.78, 5) is 24.5. The number of hydrogen-bond acceptors (Lipinski definition) is 6. The van der Waals surface area contributed by atoms with E-state index >= 15 is 0 Å². The number of rotatable bonds is 6. The Balaban J connectivity index is 1.61. The molecule has 2 aromatic carbocycles. The third kappa shape index (κ3) is 4.85. The van der Waals surface area contributed by atoms with Crippen molar-refractivity contribution in [3.63, 3.8) is 0 Å². The molecule has 0 aliphatic rings. The lowest BCUT2D eigenvalue weighted by molar-refractivity contribution is -0.113. The number of amides is 2. The summed E-state index contributed by atoms with van der Waals surface area (Å²) in [6.07, 6.45) is 1.56. The fourth-order valence-corrected chi connectivity index (χ4v) is 2.93. The number of aromatic nitrogens is 3. The topological polar surface area (TPSA) is 109 Å². The molecule has 3 rings (SSSR count). The fourth-order valence-electron chi connectivity index (χ4n) is 2.24. The van der Waals surface area contributed by atoms with Crippen LogP contribution >= 0.6 is 11.8 Å². The smallest absolute Gasteiger partial charge is 0.255 e. The van der Waals surface area contributed by atoms with E-state index in [9.17, 15) is 14.7 Å². The van der Waals surface area contributed by atoms with Gasteiger partial charge in [-0.2, -0.15) is 0 Å². The van der Waals surface area contributed by atoms with Crippen molar-refractivity contribution in [2.24, 2.45) is 7.05 Å². The van der Waals surface area contributed by atoms with Crippen LogP contribution in [0.25, 0.3) is 0 Å². The maximum atomic E-state index is 12.4. The fraction of sp³-hybridized carbons (Fsp3) is 0.111. The molecular weight excluding hydrogens is 366 g/mol. The molecule has 0 saturated carbocycles. The van der Waals surface area contributed by atoms with Crippen molar-refractivity contribution in [3.05, 3.63) is 60.4 Å². The highest BCUT2D eigenvalue weighted by Gasteiger charge is 2.11. The first kappa shape index (κ1) is 18.5. The molecule has 0 spiro atoms. The van der Waals surface area contributed by atoms with E-state index in [4.69, 9.17) is 0 Å². The summed E-state index contributed by atoms with van der Waals surface area (Å²) in [6, 6.07) is 13.0. The van der Waals surface area contributed by atoms with Crippen molar-refractivity contribution in [2.75, 3.05) is 16.4 Å². The molecular formula is C18H17N5O3S. The zero-order valence-corrected chi connectivity index (χ0v) is 15.2. The van der Waals surface area contributed by atoms with E-state index < -0.39 is 0 Å². The zero-order chi connectivity index (χ0) is 19.2. The van der Waals surface area contributed by atoms with Crippen LogP contribution in [-0.2, 0) is 11.8 Å². The van der Waals surface area contributed by atoms with E-state index in [0.29, 0.717) is 22.1 Å². The van der Waals surface area contributed by atoms with Crippen LogP contribution in [0.1, 0.15) is 10.4 Å². The number of benzene rings is 2. The Labute approximate surface area is 159 Å². The third-order valence-electron chi connectivity index (χ3n) is 3.56. The number of hydrogen-bond donors (Lipinski definition) is 3. The molecule has 1 heterocycles. The van der Waals surface area contributed by atoms with Crippen LogP contribution in [0, 0.1) is 0 Å². The highest BCUT2D eigenvalue weighted by Crippen LogP contribution is 2.23. The molecule has 1 aromatic heterocycles. The number of nitrogens with zero attached hydrogens (tertiary/aromatic N) is 3. The lowest BCUT2D eigenvalue weighted by Gasteiger charge is -2.09. The van der Waals surface area contributed by atoms with Crippen molar-refractivity contribution in [3.8, 4) is 5.75 Å². The molecule has 0 bridgehead atoms. The second kappa shape index (κ2) is 8.37. The van der Waals surface area contributed by atoms with E-state index in [1.807, 2.05) is 0 Å². The van der Waals surface area contributed by atoms with Crippen LogP contribution in [0.3, 0.4) is 0 Å². The number of para-hydroxylation sites is 2. The average molecular weight is 383 g/mol. The maximum Gasteiger partial charge on any atom is 0.255 e. The molecule has 8 nitrogen and oxygen atoms in total. The molecule has 27 heavy (non-hydrogen) atoms. The molecule has 0 atom stereocenters. The molecule has 3 aromatic rings. The number of nitrogens with one attached hydrogen (secondary N) is 2. The predicted octanol–water partition coefficient (Wildman–Crippen LogP) is 2.50.